The number of hydrogen-bond donors (Lipinski definition) is 1. The molecule has 0 spiro atoms. The molecule has 19 heavy (non-hydrogen) atoms. The van der Waals surface area contributed by atoms with Crippen molar-refractivity contribution in [1.82, 2.24) is 14.8 Å². The van der Waals surface area contributed by atoms with Gasteiger partial charge in [0.25, 0.3) is 0 Å². The molecule has 1 aliphatic heterocycles. The molecule has 1 aliphatic rings. The van der Waals surface area contributed by atoms with E-state index in [-0.39, 0.29) is 0 Å². The summed E-state index contributed by atoms with van der Waals surface area (Å²) in [5, 5.41) is 5.53. The highest BCUT2D eigenvalue weighted by atomic mass is 35.5. The molecule has 0 bridgehead atoms. The van der Waals surface area contributed by atoms with E-state index in [9.17, 15) is 0 Å². The highest BCUT2D eigenvalue weighted by Crippen LogP contribution is 2.31. The van der Waals surface area contributed by atoms with Gasteiger partial charge >= 0.3 is 0 Å². The van der Waals surface area contributed by atoms with Gasteiger partial charge in [-0.2, -0.15) is 0 Å². The Morgan fingerprint density at radius 1 is 1.26 bits per heavy atom. The molecule has 1 N–H and O–H groups in total. The van der Waals surface area contributed by atoms with Crippen LogP contribution in [0, 0.1) is 0 Å². The largest absolute Gasteiger partial charge is 0.350 e. The molecule has 0 amide bonds. The van der Waals surface area contributed by atoms with Gasteiger partial charge in [0.1, 0.15) is 0 Å². The molecule has 1 saturated heterocycles. The molecule has 3 rings (SSSR count). The van der Waals surface area contributed by atoms with Crippen molar-refractivity contribution in [2.45, 2.75) is 13.0 Å². The standard InChI is InChI=1S/C15H20ClN3/c1-11(19-7-5-17-6-8-19)14-10-18(2)15-9-12(16)3-4-13(14)15/h3-4,9-11,17H,5-8H2,1-2H3. The maximum absolute atomic E-state index is 6.10. The predicted molar refractivity (Wildman–Crippen MR) is 80.8 cm³/mol. The van der Waals surface area contributed by atoms with Gasteiger partial charge in [-0.15, -0.1) is 0 Å². The lowest BCUT2D eigenvalue weighted by Crippen LogP contribution is -2.44. The fourth-order valence-electron chi connectivity index (χ4n) is 2.99. The number of piperazine rings is 1. The van der Waals surface area contributed by atoms with Gasteiger partial charge in [0.2, 0.25) is 0 Å². The number of fused-ring (bicyclic) bond motifs is 1. The molecule has 0 aliphatic carbocycles. The summed E-state index contributed by atoms with van der Waals surface area (Å²) in [6, 6.07) is 6.63. The van der Waals surface area contributed by atoms with Crippen molar-refractivity contribution in [3.8, 4) is 0 Å². The average Bonchev–Trinajstić information content (AvgIpc) is 2.76. The van der Waals surface area contributed by atoms with Gasteiger partial charge in [0, 0.05) is 61.4 Å². The van der Waals surface area contributed by atoms with Crippen LogP contribution in [-0.4, -0.2) is 35.6 Å². The number of nitrogens with zero attached hydrogens (tertiary/aromatic N) is 2. The second-order valence-electron chi connectivity index (χ2n) is 5.32. The zero-order valence-corrected chi connectivity index (χ0v) is 12.2. The minimum Gasteiger partial charge on any atom is -0.350 e. The minimum absolute atomic E-state index is 0.451. The molecule has 1 fully saturated rings. The maximum Gasteiger partial charge on any atom is 0.0496 e. The number of aromatic nitrogens is 1. The number of halogens is 1. The van der Waals surface area contributed by atoms with Crippen molar-refractivity contribution >= 4 is 22.5 Å². The Kier molecular flexibility index (Phi) is 3.52. The molecule has 1 aromatic carbocycles. The molecule has 2 heterocycles. The number of nitrogens with one attached hydrogen (secondary N) is 1. The second-order valence-corrected chi connectivity index (χ2v) is 5.76. The first-order chi connectivity index (χ1) is 9.16. The molecule has 1 aromatic heterocycles. The van der Waals surface area contributed by atoms with E-state index < -0.39 is 0 Å². The first-order valence-electron chi connectivity index (χ1n) is 6.86. The van der Waals surface area contributed by atoms with E-state index in [1.165, 1.54) is 16.5 Å². The van der Waals surface area contributed by atoms with Gasteiger partial charge in [-0.25, -0.2) is 0 Å². The lowest BCUT2D eigenvalue weighted by Gasteiger charge is -2.32. The number of hydrogen-bond acceptors (Lipinski definition) is 2. The van der Waals surface area contributed by atoms with Crippen LogP contribution in [0.2, 0.25) is 5.02 Å². The summed E-state index contributed by atoms with van der Waals surface area (Å²) in [7, 11) is 2.09. The molecule has 102 valence electrons. The molecular weight excluding hydrogens is 258 g/mol. The average molecular weight is 278 g/mol. The third kappa shape index (κ3) is 2.38. The van der Waals surface area contributed by atoms with Crippen LogP contribution < -0.4 is 5.32 Å². The zero-order chi connectivity index (χ0) is 13.4. The zero-order valence-electron chi connectivity index (χ0n) is 11.5. The molecule has 0 radical (unpaired) electrons. The first kappa shape index (κ1) is 13.0. The molecular formula is C15H20ClN3. The Balaban J connectivity index is 2.00. The predicted octanol–water partition coefficient (Wildman–Crippen LogP) is 2.80. The highest BCUT2D eigenvalue weighted by Gasteiger charge is 2.21. The summed E-state index contributed by atoms with van der Waals surface area (Å²) in [6.45, 7) is 6.70. The fourth-order valence-corrected chi connectivity index (χ4v) is 3.15. The summed E-state index contributed by atoms with van der Waals surface area (Å²) < 4.78 is 2.18. The maximum atomic E-state index is 6.10. The van der Waals surface area contributed by atoms with Gasteiger partial charge in [-0.3, -0.25) is 4.90 Å². The summed E-state index contributed by atoms with van der Waals surface area (Å²) in [5.41, 5.74) is 2.61. The third-order valence-corrected chi connectivity index (χ3v) is 4.37. The normalized spacial score (nSPS) is 18.9. The molecule has 1 unspecified atom stereocenters. The van der Waals surface area contributed by atoms with Crippen molar-refractivity contribution < 1.29 is 0 Å². The Bertz CT molecular complexity index is 584. The first-order valence-corrected chi connectivity index (χ1v) is 7.24. The van der Waals surface area contributed by atoms with Crippen LogP contribution >= 0.6 is 11.6 Å². The van der Waals surface area contributed by atoms with Gasteiger partial charge < -0.3 is 9.88 Å². The van der Waals surface area contributed by atoms with Crippen LogP contribution in [0.1, 0.15) is 18.5 Å². The molecule has 0 saturated carbocycles. The van der Waals surface area contributed by atoms with Crippen molar-refractivity contribution in [3.05, 3.63) is 35.0 Å². The smallest absolute Gasteiger partial charge is 0.0496 e. The van der Waals surface area contributed by atoms with Crippen LogP contribution in [0.5, 0.6) is 0 Å². The van der Waals surface area contributed by atoms with Crippen molar-refractivity contribution in [2.75, 3.05) is 26.2 Å². The van der Waals surface area contributed by atoms with Crippen LogP contribution in [0.15, 0.2) is 24.4 Å². The minimum atomic E-state index is 0.451. The lowest BCUT2D eigenvalue weighted by molar-refractivity contribution is 0.186. The summed E-state index contributed by atoms with van der Waals surface area (Å²) in [6.07, 6.45) is 2.24. The SMILES string of the molecule is CC(c1cn(C)c2cc(Cl)ccc12)N1CCNCC1. The molecule has 4 heteroatoms. The second kappa shape index (κ2) is 5.16. The Labute approximate surface area is 119 Å². The molecule has 1 atom stereocenters. The Morgan fingerprint density at radius 2 is 2.00 bits per heavy atom. The van der Waals surface area contributed by atoms with E-state index in [1.54, 1.807) is 0 Å². The summed E-state index contributed by atoms with van der Waals surface area (Å²) in [4.78, 5) is 2.54. The quantitative estimate of drug-likeness (QED) is 0.911. The van der Waals surface area contributed by atoms with E-state index in [0.717, 1.165) is 31.2 Å². The van der Waals surface area contributed by atoms with Crippen LogP contribution in [-0.2, 0) is 7.05 Å². The number of aryl methyl sites for hydroxylation is 1. The number of benzene rings is 1. The monoisotopic (exact) mass is 277 g/mol. The molecule has 2 aromatic rings. The van der Waals surface area contributed by atoms with E-state index >= 15 is 0 Å². The fraction of sp³-hybridized carbons (Fsp3) is 0.467. The Hall–Kier alpha value is -1.03. The van der Waals surface area contributed by atoms with Crippen molar-refractivity contribution in [2.24, 2.45) is 7.05 Å². The van der Waals surface area contributed by atoms with E-state index in [4.69, 9.17) is 11.6 Å². The van der Waals surface area contributed by atoms with Gasteiger partial charge in [-0.1, -0.05) is 17.7 Å². The van der Waals surface area contributed by atoms with Gasteiger partial charge in [0.05, 0.1) is 0 Å². The lowest BCUT2D eigenvalue weighted by atomic mass is 10.1. The third-order valence-electron chi connectivity index (χ3n) is 4.13. The van der Waals surface area contributed by atoms with Gasteiger partial charge in [-0.05, 0) is 24.6 Å². The van der Waals surface area contributed by atoms with Crippen LogP contribution in [0.3, 0.4) is 0 Å². The van der Waals surface area contributed by atoms with Crippen molar-refractivity contribution in [1.29, 1.82) is 0 Å². The summed E-state index contributed by atoms with van der Waals surface area (Å²) in [5.74, 6) is 0. The Morgan fingerprint density at radius 3 is 2.74 bits per heavy atom. The highest BCUT2D eigenvalue weighted by molar-refractivity contribution is 6.31. The number of rotatable bonds is 2. The van der Waals surface area contributed by atoms with Crippen LogP contribution in [0.25, 0.3) is 10.9 Å². The van der Waals surface area contributed by atoms with Crippen molar-refractivity contribution in [3.63, 3.8) is 0 Å². The van der Waals surface area contributed by atoms with E-state index in [2.05, 4.69) is 41.0 Å². The molecule has 3 nitrogen and oxygen atoms in total. The van der Waals surface area contributed by atoms with E-state index in [0.29, 0.717) is 6.04 Å². The summed E-state index contributed by atoms with van der Waals surface area (Å²) >= 11 is 6.10. The van der Waals surface area contributed by atoms with E-state index in [1.807, 2.05) is 12.1 Å². The topological polar surface area (TPSA) is 20.2 Å². The van der Waals surface area contributed by atoms with Crippen LogP contribution in [0.4, 0.5) is 0 Å². The van der Waals surface area contributed by atoms with Gasteiger partial charge in [0.15, 0.2) is 0 Å².